The quantitative estimate of drug-likeness (QED) is 0.393. The molecule has 0 aliphatic rings. The van der Waals surface area contributed by atoms with E-state index < -0.39 is 0 Å². The standard InChI is InChI=1S/C24H19N3O2S/c28-23-12-17(15-6-2-4-9-21(15)27-23)24(29)26-14-19(22-10-5-11-30-22)18-13-25-20-8-3-1-7-16(18)20/h1-13,19,25H,14H2,(H,26,29)(H,27,28)/t19-/m0/s1. The van der Waals surface area contributed by atoms with Crippen LogP contribution in [0.3, 0.4) is 0 Å². The Bertz CT molecular complexity index is 1400. The summed E-state index contributed by atoms with van der Waals surface area (Å²) in [5, 5.41) is 6.98. The molecule has 0 aliphatic heterocycles. The van der Waals surface area contributed by atoms with Crippen LogP contribution in [0, 0.1) is 0 Å². The smallest absolute Gasteiger partial charge is 0.252 e. The van der Waals surface area contributed by atoms with Crippen LogP contribution in [0.5, 0.6) is 0 Å². The van der Waals surface area contributed by atoms with Crippen LogP contribution in [0.1, 0.15) is 26.7 Å². The second-order valence-electron chi connectivity index (χ2n) is 7.16. The average molecular weight is 414 g/mol. The molecule has 0 unspecified atom stereocenters. The monoisotopic (exact) mass is 413 g/mol. The van der Waals surface area contributed by atoms with Gasteiger partial charge in [-0.2, -0.15) is 0 Å². The molecule has 0 radical (unpaired) electrons. The third kappa shape index (κ3) is 3.31. The maximum Gasteiger partial charge on any atom is 0.252 e. The SMILES string of the molecule is O=C(NC[C@H](c1cccs1)c1c[nH]c2ccccc12)c1cc(=O)[nH]c2ccccc12. The number of carbonyl (C=O) groups is 1. The minimum Gasteiger partial charge on any atom is -0.361 e. The fourth-order valence-corrected chi connectivity index (χ4v) is 4.76. The second-order valence-corrected chi connectivity index (χ2v) is 8.14. The maximum absolute atomic E-state index is 13.0. The van der Waals surface area contributed by atoms with Gasteiger partial charge in [0.1, 0.15) is 0 Å². The molecule has 3 heterocycles. The van der Waals surface area contributed by atoms with Gasteiger partial charge in [-0.15, -0.1) is 11.3 Å². The van der Waals surface area contributed by atoms with Crippen LogP contribution < -0.4 is 10.9 Å². The number of aromatic amines is 2. The van der Waals surface area contributed by atoms with Crippen molar-refractivity contribution in [3.8, 4) is 0 Å². The number of aromatic nitrogens is 2. The highest BCUT2D eigenvalue weighted by Crippen LogP contribution is 2.33. The summed E-state index contributed by atoms with van der Waals surface area (Å²) in [5.74, 6) is -0.239. The first-order valence-corrected chi connectivity index (χ1v) is 10.6. The van der Waals surface area contributed by atoms with Gasteiger partial charge in [-0.1, -0.05) is 42.5 Å². The fourth-order valence-electron chi connectivity index (χ4n) is 3.92. The van der Waals surface area contributed by atoms with Crippen molar-refractivity contribution in [2.75, 3.05) is 6.54 Å². The van der Waals surface area contributed by atoms with E-state index in [9.17, 15) is 9.59 Å². The molecule has 1 amide bonds. The van der Waals surface area contributed by atoms with Crippen molar-refractivity contribution in [1.29, 1.82) is 0 Å². The number of hydrogen-bond donors (Lipinski definition) is 3. The minimum atomic E-state index is -0.287. The largest absolute Gasteiger partial charge is 0.361 e. The topological polar surface area (TPSA) is 77.8 Å². The molecule has 0 aliphatic carbocycles. The van der Waals surface area contributed by atoms with Crippen molar-refractivity contribution < 1.29 is 4.79 Å². The highest BCUT2D eigenvalue weighted by Gasteiger charge is 2.21. The number of amides is 1. The zero-order chi connectivity index (χ0) is 20.5. The molecule has 6 heteroatoms. The molecule has 0 bridgehead atoms. The molecule has 148 valence electrons. The van der Waals surface area contributed by atoms with E-state index in [4.69, 9.17) is 0 Å². The maximum atomic E-state index is 13.0. The summed E-state index contributed by atoms with van der Waals surface area (Å²) >= 11 is 1.67. The Morgan fingerprint density at radius 1 is 0.967 bits per heavy atom. The van der Waals surface area contributed by atoms with Crippen molar-refractivity contribution in [3.05, 3.63) is 105 Å². The predicted octanol–water partition coefficient (Wildman–Crippen LogP) is 4.63. The van der Waals surface area contributed by atoms with Crippen LogP contribution in [-0.4, -0.2) is 22.4 Å². The molecular weight excluding hydrogens is 394 g/mol. The first-order valence-electron chi connectivity index (χ1n) is 9.70. The van der Waals surface area contributed by atoms with Crippen LogP contribution in [0.15, 0.2) is 83.1 Å². The molecule has 2 aromatic carbocycles. The van der Waals surface area contributed by atoms with Gasteiger partial charge in [-0.3, -0.25) is 9.59 Å². The molecule has 3 N–H and O–H groups in total. The lowest BCUT2D eigenvalue weighted by atomic mass is 9.96. The lowest BCUT2D eigenvalue weighted by Gasteiger charge is -2.17. The van der Waals surface area contributed by atoms with E-state index in [0.717, 1.165) is 21.9 Å². The second kappa shape index (κ2) is 7.65. The van der Waals surface area contributed by atoms with E-state index in [2.05, 4.69) is 27.4 Å². The molecule has 3 aromatic heterocycles. The van der Waals surface area contributed by atoms with E-state index in [1.54, 1.807) is 17.4 Å². The molecule has 0 fully saturated rings. The highest BCUT2D eigenvalue weighted by atomic mass is 32.1. The van der Waals surface area contributed by atoms with Crippen molar-refractivity contribution in [2.45, 2.75) is 5.92 Å². The van der Waals surface area contributed by atoms with Gasteiger partial charge in [0.15, 0.2) is 0 Å². The Kier molecular flexibility index (Phi) is 4.69. The third-order valence-corrected chi connectivity index (χ3v) is 6.33. The Balaban J connectivity index is 1.49. The molecule has 30 heavy (non-hydrogen) atoms. The number of nitrogens with one attached hydrogen (secondary N) is 3. The molecule has 5 rings (SSSR count). The summed E-state index contributed by atoms with van der Waals surface area (Å²) in [4.78, 5) is 32.4. The number of benzene rings is 2. The van der Waals surface area contributed by atoms with Crippen molar-refractivity contribution in [3.63, 3.8) is 0 Å². The van der Waals surface area contributed by atoms with Crippen molar-refractivity contribution >= 4 is 39.0 Å². The summed E-state index contributed by atoms with van der Waals surface area (Å²) < 4.78 is 0. The summed E-state index contributed by atoms with van der Waals surface area (Å²) in [6.45, 7) is 0.433. The van der Waals surface area contributed by atoms with Crippen molar-refractivity contribution in [1.82, 2.24) is 15.3 Å². The van der Waals surface area contributed by atoms with Gasteiger partial charge < -0.3 is 15.3 Å². The first kappa shape index (κ1) is 18.4. The van der Waals surface area contributed by atoms with Gasteiger partial charge >= 0.3 is 0 Å². The normalized spacial score (nSPS) is 12.3. The molecule has 0 saturated heterocycles. The predicted molar refractivity (Wildman–Crippen MR) is 121 cm³/mol. The molecule has 0 saturated carbocycles. The number of para-hydroxylation sites is 2. The number of hydrogen-bond acceptors (Lipinski definition) is 3. The Morgan fingerprint density at radius 3 is 2.53 bits per heavy atom. The number of pyridine rings is 1. The number of H-pyrrole nitrogens is 2. The van der Waals surface area contributed by atoms with E-state index in [0.29, 0.717) is 17.6 Å². The summed E-state index contributed by atoms with van der Waals surface area (Å²) in [5.41, 5.74) is 2.97. The van der Waals surface area contributed by atoms with Crippen LogP contribution in [0.2, 0.25) is 0 Å². The lowest BCUT2D eigenvalue weighted by Crippen LogP contribution is -2.29. The van der Waals surface area contributed by atoms with Gasteiger partial charge in [0.2, 0.25) is 5.56 Å². The number of carbonyl (C=O) groups excluding carboxylic acids is 1. The Labute approximate surface area is 176 Å². The minimum absolute atomic E-state index is 0.0124. The number of rotatable bonds is 5. The molecule has 5 nitrogen and oxygen atoms in total. The van der Waals surface area contributed by atoms with E-state index in [1.165, 1.54) is 10.9 Å². The van der Waals surface area contributed by atoms with Gasteiger partial charge in [-0.25, -0.2) is 0 Å². The first-order chi connectivity index (χ1) is 14.7. The molecule has 0 spiro atoms. The van der Waals surface area contributed by atoms with Crippen LogP contribution in [0.25, 0.3) is 21.8 Å². The summed E-state index contributed by atoms with van der Waals surface area (Å²) in [6, 6.07) is 21.0. The molecule has 5 aromatic rings. The summed E-state index contributed by atoms with van der Waals surface area (Å²) in [7, 11) is 0. The van der Waals surface area contributed by atoms with E-state index in [-0.39, 0.29) is 17.4 Å². The Hall–Kier alpha value is -3.64. The van der Waals surface area contributed by atoms with Gasteiger partial charge in [0.25, 0.3) is 5.91 Å². The zero-order valence-corrected chi connectivity index (χ0v) is 16.8. The third-order valence-electron chi connectivity index (χ3n) is 5.35. The molecule has 1 atom stereocenters. The van der Waals surface area contributed by atoms with Gasteiger partial charge in [-0.05, 0) is 29.1 Å². The van der Waals surface area contributed by atoms with Gasteiger partial charge in [0.05, 0.1) is 5.56 Å². The molecular formula is C24H19N3O2S. The van der Waals surface area contributed by atoms with Crippen molar-refractivity contribution in [2.24, 2.45) is 0 Å². The summed E-state index contributed by atoms with van der Waals surface area (Å²) in [6.07, 6.45) is 2.02. The Morgan fingerprint density at radius 2 is 1.73 bits per heavy atom. The van der Waals surface area contributed by atoms with Crippen LogP contribution >= 0.6 is 11.3 Å². The highest BCUT2D eigenvalue weighted by molar-refractivity contribution is 7.10. The number of fused-ring (bicyclic) bond motifs is 2. The lowest BCUT2D eigenvalue weighted by molar-refractivity contribution is 0.0954. The van der Waals surface area contributed by atoms with E-state index >= 15 is 0 Å². The average Bonchev–Trinajstić information content (AvgIpc) is 3.44. The van der Waals surface area contributed by atoms with Crippen LogP contribution in [0.4, 0.5) is 0 Å². The fraction of sp³-hybridized carbons (Fsp3) is 0.0833. The zero-order valence-electron chi connectivity index (χ0n) is 16.0. The van der Waals surface area contributed by atoms with Crippen LogP contribution in [-0.2, 0) is 0 Å². The van der Waals surface area contributed by atoms with E-state index in [1.807, 2.05) is 54.0 Å². The number of thiophene rings is 1. The van der Waals surface area contributed by atoms with Gasteiger partial charge in [0, 0.05) is 51.4 Å².